The van der Waals surface area contributed by atoms with Crippen LogP contribution >= 0.6 is 0 Å². The lowest BCUT2D eigenvalue weighted by Gasteiger charge is -2.11. The zero-order chi connectivity index (χ0) is 21.5. The number of carbonyl (C=O) groups excluding carboxylic acids is 4. The summed E-state index contributed by atoms with van der Waals surface area (Å²) in [5.74, 6) is -2.20. The molecule has 3 N–H and O–H groups in total. The molecule has 3 rings (SSSR count). The van der Waals surface area contributed by atoms with Crippen LogP contribution in [0.3, 0.4) is 0 Å². The molecule has 1 atom stereocenters. The Bertz CT molecular complexity index is 950. The highest BCUT2D eigenvalue weighted by Gasteiger charge is 2.20. The van der Waals surface area contributed by atoms with E-state index in [9.17, 15) is 19.2 Å². The van der Waals surface area contributed by atoms with Crippen LogP contribution in [-0.2, 0) is 14.3 Å². The van der Waals surface area contributed by atoms with E-state index in [-0.39, 0.29) is 29.2 Å². The summed E-state index contributed by atoms with van der Waals surface area (Å²) in [6.07, 6.45) is 1.99. The van der Waals surface area contributed by atoms with Gasteiger partial charge in [-0.3, -0.25) is 19.2 Å². The van der Waals surface area contributed by atoms with E-state index in [2.05, 4.69) is 16.0 Å². The minimum atomic E-state index is -0.844. The smallest absolute Gasteiger partial charge is 0.296 e. The minimum absolute atomic E-state index is 0.0545. The van der Waals surface area contributed by atoms with Crippen LogP contribution in [0.15, 0.2) is 48.5 Å². The third-order valence-corrected chi connectivity index (χ3v) is 4.61. The van der Waals surface area contributed by atoms with Crippen LogP contribution in [0, 0.1) is 0 Å². The predicted molar refractivity (Wildman–Crippen MR) is 111 cm³/mol. The highest BCUT2D eigenvalue weighted by atomic mass is 16.5. The second-order valence-electron chi connectivity index (χ2n) is 6.93. The Kier molecular flexibility index (Phi) is 6.92. The summed E-state index contributed by atoms with van der Waals surface area (Å²) in [4.78, 5) is 48.4. The van der Waals surface area contributed by atoms with Gasteiger partial charge >= 0.3 is 0 Å². The Morgan fingerprint density at radius 1 is 1.00 bits per heavy atom. The van der Waals surface area contributed by atoms with Crippen molar-refractivity contribution in [3.05, 3.63) is 59.7 Å². The third-order valence-electron chi connectivity index (χ3n) is 4.61. The lowest BCUT2D eigenvalue weighted by molar-refractivity contribution is -0.114. The number of nitrogens with one attached hydrogen (secondary N) is 3. The molecule has 2 aromatic rings. The highest BCUT2D eigenvalue weighted by molar-refractivity contribution is 6.47. The van der Waals surface area contributed by atoms with E-state index in [0.717, 1.165) is 19.4 Å². The molecule has 1 heterocycles. The lowest BCUT2D eigenvalue weighted by Crippen LogP contribution is -2.31. The highest BCUT2D eigenvalue weighted by Crippen LogP contribution is 2.17. The maximum Gasteiger partial charge on any atom is 0.296 e. The van der Waals surface area contributed by atoms with Gasteiger partial charge in [0.25, 0.3) is 17.6 Å². The molecule has 2 aromatic carbocycles. The molecule has 0 radical (unpaired) electrons. The Morgan fingerprint density at radius 3 is 2.40 bits per heavy atom. The molecule has 0 unspecified atom stereocenters. The van der Waals surface area contributed by atoms with Crippen LogP contribution < -0.4 is 16.0 Å². The number of Topliss-reactive ketones (excluding diaryl/α,β-unsaturated/α-hetero) is 1. The fourth-order valence-electron chi connectivity index (χ4n) is 3.11. The third kappa shape index (κ3) is 5.51. The molecule has 1 saturated heterocycles. The quantitative estimate of drug-likeness (QED) is 0.480. The van der Waals surface area contributed by atoms with Gasteiger partial charge < -0.3 is 20.7 Å². The van der Waals surface area contributed by atoms with Gasteiger partial charge in [0.1, 0.15) is 0 Å². The Morgan fingerprint density at radius 2 is 1.73 bits per heavy atom. The number of hydrogen-bond acceptors (Lipinski definition) is 5. The molecule has 1 fully saturated rings. The second-order valence-corrected chi connectivity index (χ2v) is 6.93. The van der Waals surface area contributed by atoms with Gasteiger partial charge in [0.15, 0.2) is 0 Å². The zero-order valence-corrected chi connectivity index (χ0v) is 16.6. The van der Waals surface area contributed by atoms with Crippen molar-refractivity contribution in [2.45, 2.75) is 25.9 Å². The van der Waals surface area contributed by atoms with E-state index in [0.29, 0.717) is 17.8 Å². The number of benzene rings is 2. The number of amides is 3. The van der Waals surface area contributed by atoms with Gasteiger partial charge in [-0.25, -0.2) is 0 Å². The first kappa shape index (κ1) is 21.2. The average molecular weight is 409 g/mol. The molecular weight excluding hydrogens is 386 g/mol. The zero-order valence-electron chi connectivity index (χ0n) is 16.6. The lowest BCUT2D eigenvalue weighted by atomic mass is 10.1. The minimum Gasteiger partial charge on any atom is -0.376 e. The number of carbonyl (C=O) groups is 4. The molecule has 0 bridgehead atoms. The summed E-state index contributed by atoms with van der Waals surface area (Å²) >= 11 is 0. The maximum absolute atomic E-state index is 12.5. The normalized spacial score (nSPS) is 15.3. The molecule has 0 aliphatic carbocycles. The number of rotatable bonds is 7. The van der Waals surface area contributed by atoms with Gasteiger partial charge in [-0.05, 0) is 49.2 Å². The molecular formula is C22H23N3O5. The summed E-state index contributed by atoms with van der Waals surface area (Å²) in [6, 6.07) is 12.5. The molecule has 1 aliphatic rings. The Labute approximate surface area is 174 Å². The first-order valence-electron chi connectivity index (χ1n) is 9.66. The van der Waals surface area contributed by atoms with Crippen molar-refractivity contribution >= 4 is 34.9 Å². The van der Waals surface area contributed by atoms with E-state index in [1.165, 1.54) is 13.0 Å². The standard InChI is InChI=1S/C22H23N3O5/c1-14(26)24-19-7-3-2-6-18(19)20(27)22(29)25-16-10-8-15(9-11-16)21(28)23-13-17-5-4-12-30-17/h2-3,6-11,17H,4-5,12-13H2,1H3,(H,23,28)(H,24,26)(H,25,29)/t17-/m1/s1. The number of anilines is 2. The monoisotopic (exact) mass is 409 g/mol. The predicted octanol–water partition coefficient (Wildman–Crippen LogP) is 2.38. The summed E-state index contributed by atoms with van der Waals surface area (Å²) < 4.78 is 5.47. The fourth-order valence-corrected chi connectivity index (χ4v) is 3.11. The van der Waals surface area contributed by atoms with Crippen LogP contribution in [0.25, 0.3) is 0 Å². The largest absolute Gasteiger partial charge is 0.376 e. The topological polar surface area (TPSA) is 114 Å². The molecule has 30 heavy (non-hydrogen) atoms. The molecule has 0 aromatic heterocycles. The van der Waals surface area contributed by atoms with E-state index >= 15 is 0 Å². The van der Waals surface area contributed by atoms with Gasteiger partial charge in [0.05, 0.1) is 17.4 Å². The van der Waals surface area contributed by atoms with Crippen LogP contribution in [0.4, 0.5) is 11.4 Å². The second kappa shape index (κ2) is 9.80. The number of para-hydroxylation sites is 1. The first-order chi connectivity index (χ1) is 14.4. The Hall–Kier alpha value is -3.52. The van der Waals surface area contributed by atoms with Gasteiger partial charge in [0, 0.05) is 31.3 Å². The van der Waals surface area contributed by atoms with Gasteiger partial charge in [-0.2, -0.15) is 0 Å². The number of ether oxygens (including phenoxy) is 1. The summed E-state index contributed by atoms with van der Waals surface area (Å²) in [6.45, 7) is 2.50. The average Bonchev–Trinajstić information content (AvgIpc) is 3.25. The molecule has 0 saturated carbocycles. The number of ketones is 1. The van der Waals surface area contributed by atoms with E-state index in [1.54, 1.807) is 42.5 Å². The molecule has 1 aliphatic heterocycles. The molecule has 0 spiro atoms. The van der Waals surface area contributed by atoms with Crippen LogP contribution in [0.2, 0.25) is 0 Å². The van der Waals surface area contributed by atoms with Crippen molar-refractivity contribution in [3.8, 4) is 0 Å². The molecule has 3 amide bonds. The van der Waals surface area contributed by atoms with Gasteiger partial charge in [0.2, 0.25) is 5.91 Å². The fraction of sp³-hybridized carbons (Fsp3) is 0.273. The van der Waals surface area contributed by atoms with Crippen LogP contribution in [0.5, 0.6) is 0 Å². The number of hydrogen-bond donors (Lipinski definition) is 3. The van der Waals surface area contributed by atoms with Crippen molar-refractivity contribution < 1.29 is 23.9 Å². The van der Waals surface area contributed by atoms with Crippen molar-refractivity contribution in [2.75, 3.05) is 23.8 Å². The molecule has 8 nitrogen and oxygen atoms in total. The summed E-state index contributed by atoms with van der Waals surface area (Å²) in [5, 5.41) is 7.87. The van der Waals surface area contributed by atoms with Gasteiger partial charge in [-0.1, -0.05) is 12.1 Å². The first-order valence-corrected chi connectivity index (χ1v) is 9.66. The molecule has 8 heteroatoms. The van der Waals surface area contributed by atoms with Crippen molar-refractivity contribution in [1.29, 1.82) is 0 Å². The Balaban J connectivity index is 1.59. The SMILES string of the molecule is CC(=O)Nc1ccccc1C(=O)C(=O)Nc1ccc(C(=O)NC[C@H]2CCCO2)cc1. The summed E-state index contributed by atoms with van der Waals surface area (Å²) in [5.41, 5.74) is 1.17. The summed E-state index contributed by atoms with van der Waals surface area (Å²) in [7, 11) is 0. The van der Waals surface area contributed by atoms with E-state index in [4.69, 9.17) is 4.74 Å². The van der Waals surface area contributed by atoms with Crippen molar-refractivity contribution in [3.63, 3.8) is 0 Å². The maximum atomic E-state index is 12.5. The van der Waals surface area contributed by atoms with Crippen LogP contribution in [-0.4, -0.2) is 42.8 Å². The van der Waals surface area contributed by atoms with Crippen LogP contribution in [0.1, 0.15) is 40.5 Å². The van der Waals surface area contributed by atoms with Crippen molar-refractivity contribution in [2.24, 2.45) is 0 Å². The van der Waals surface area contributed by atoms with E-state index in [1.807, 2.05) is 0 Å². The van der Waals surface area contributed by atoms with Gasteiger partial charge in [-0.15, -0.1) is 0 Å². The van der Waals surface area contributed by atoms with E-state index < -0.39 is 11.7 Å². The molecule has 156 valence electrons. The van der Waals surface area contributed by atoms with Crippen molar-refractivity contribution in [1.82, 2.24) is 5.32 Å².